The molecule has 0 aromatic heterocycles. The van der Waals surface area contributed by atoms with Gasteiger partial charge in [-0.1, -0.05) is 13.8 Å². The van der Waals surface area contributed by atoms with E-state index in [-0.39, 0.29) is 34.5 Å². The maximum absolute atomic E-state index is 12.5. The number of rotatable bonds is 14. The van der Waals surface area contributed by atoms with E-state index in [0.29, 0.717) is 30.9 Å². The van der Waals surface area contributed by atoms with Crippen LogP contribution < -0.4 is 14.2 Å². The number of carbonyl (C=O) groups is 4. The molecular formula is C31H32O9. The summed E-state index contributed by atoms with van der Waals surface area (Å²) in [4.78, 5) is 47.6. The lowest BCUT2D eigenvalue weighted by atomic mass is 10.0. The summed E-state index contributed by atoms with van der Waals surface area (Å²) >= 11 is 0. The van der Waals surface area contributed by atoms with E-state index in [1.165, 1.54) is 48.5 Å². The number of esters is 3. The predicted molar refractivity (Wildman–Crippen MR) is 146 cm³/mol. The van der Waals surface area contributed by atoms with Crippen LogP contribution in [0.3, 0.4) is 0 Å². The summed E-state index contributed by atoms with van der Waals surface area (Å²) in [6, 6.07) is 17.9. The van der Waals surface area contributed by atoms with Crippen LogP contribution >= 0.6 is 0 Å². The molecule has 3 rings (SSSR count). The molecule has 0 bridgehead atoms. The molecule has 9 heteroatoms. The largest absolute Gasteiger partial charge is 0.494 e. The average molecular weight is 549 g/mol. The van der Waals surface area contributed by atoms with Crippen molar-refractivity contribution in [3.8, 4) is 17.2 Å². The van der Waals surface area contributed by atoms with Crippen molar-refractivity contribution in [2.24, 2.45) is 5.92 Å². The summed E-state index contributed by atoms with van der Waals surface area (Å²) in [5.74, 6) is -1.41. The highest BCUT2D eigenvalue weighted by Crippen LogP contribution is 2.19. The Balaban J connectivity index is 1.41. The van der Waals surface area contributed by atoms with Gasteiger partial charge in [-0.3, -0.25) is 4.79 Å². The molecule has 9 nitrogen and oxygen atoms in total. The van der Waals surface area contributed by atoms with Gasteiger partial charge in [-0.2, -0.15) is 0 Å². The van der Waals surface area contributed by atoms with Crippen molar-refractivity contribution in [1.29, 1.82) is 0 Å². The summed E-state index contributed by atoms with van der Waals surface area (Å²) < 4.78 is 21.6. The van der Waals surface area contributed by atoms with Gasteiger partial charge in [-0.05, 0) is 98.5 Å². The molecule has 0 heterocycles. The SMILES string of the molecule is CCC(CC)C(=O)OCCCCOc1ccc(C(=O)Oc2ccc(C(=O)Oc3ccc(C(=O)O)cc3)cc2)cc1. The zero-order chi connectivity index (χ0) is 28.9. The third kappa shape index (κ3) is 8.97. The number of carbonyl (C=O) groups excluding carboxylic acids is 3. The van der Waals surface area contributed by atoms with Crippen LogP contribution in [0.25, 0.3) is 0 Å². The molecule has 0 aliphatic rings. The van der Waals surface area contributed by atoms with E-state index < -0.39 is 17.9 Å². The number of unbranched alkanes of at least 4 members (excludes halogenated alkanes) is 1. The zero-order valence-corrected chi connectivity index (χ0v) is 22.5. The van der Waals surface area contributed by atoms with Crippen LogP contribution in [0.2, 0.25) is 0 Å². The van der Waals surface area contributed by atoms with Crippen LogP contribution in [0, 0.1) is 5.92 Å². The lowest BCUT2D eigenvalue weighted by Crippen LogP contribution is -2.17. The molecule has 210 valence electrons. The van der Waals surface area contributed by atoms with Gasteiger partial charge in [0.1, 0.15) is 17.2 Å². The second kappa shape index (κ2) is 15.1. The van der Waals surface area contributed by atoms with Crippen molar-refractivity contribution in [1.82, 2.24) is 0 Å². The van der Waals surface area contributed by atoms with Gasteiger partial charge in [0.05, 0.1) is 35.8 Å². The molecule has 0 unspecified atom stereocenters. The molecule has 40 heavy (non-hydrogen) atoms. The summed E-state index contributed by atoms with van der Waals surface area (Å²) in [6.45, 7) is 4.77. The van der Waals surface area contributed by atoms with Crippen LogP contribution in [0.15, 0.2) is 72.8 Å². The molecule has 3 aromatic carbocycles. The molecule has 0 amide bonds. The standard InChI is InChI=1S/C31H32O9/c1-3-21(4-2)29(34)38-20-6-5-19-37-25-13-9-23(10-14-25)30(35)40-27-17-11-24(12-18-27)31(36)39-26-15-7-22(8-16-26)28(32)33/h7-18,21H,3-6,19-20H2,1-2H3,(H,32,33). The van der Waals surface area contributed by atoms with Crippen LogP contribution in [0.5, 0.6) is 17.2 Å². The van der Waals surface area contributed by atoms with E-state index in [2.05, 4.69) is 0 Å². The highest BCUT2D eigenvalue weighted by atomic mass is 16.5. The molecule has 0 spiro atoms. The second-order valence-electron chi connectivity index (χ2n) is 8.89. The minimum absolute atomic E-state index is 0.0388. The first-order valence-electron chi connectivity index (χ1n) is 13.1. The number of ether oxygens (including phenoxy) is 4. The van der Waals surface area contributed by atoms with Gasteiger partial charge in [-0.25, -0.2) is 14.4 Å². The van der Waals surface area contributed by atoms with Crippen molar-refractivity contribution in [2.75, 3.05) is 13.2 Å². The van der Waals surface area contributed by atoms with Gasteiger partial charge in [0.15, 0.2) is 0 Å². The highest BCUT2D eigenvalue weighted by molar-refractivity contribution is 5.93. The van der Waals surface area contributed by atoms with Gasteiger partial charge in [0.25, 0.3) is 0 Å². The predicted octanol–water partition coefficient (Wildman–Crippen LogP) is 5.96. The van der Waals surface area contributed by atoms with Crippen molar-refractivity contribution in [3.05, 3.63) is 89.5 Å². The van der Waals surface area contributed by atoms with Crippen LogP contribution in [0.1, 0.15) is 70.6 Å². The number of carboxylic acids is 1. The fourth-order valence-corrected chi connectivity index (χ4v) is 3.65. The molecule has 0 fully saturated rings. The maximum atomic E-state index is 12.5. The monoisotopic (exact) mass is 548 g/mol. The molecular weight excluding hydrogens is 516 g/mol. The Morgan fingerprint density at radius 2 is 1.05 bits per heavy atom. The van der Waals surface area contributed by atoms with E-state index in [1.807, 2.05) is 13.8 Å². The van der Waals surface area contributed by atoms with Gasteiger partial charge in [0.2, 0.25) is 0 Å². The lowest BCUT2D eigenvalue weighted by molar-refractivity contribution is -0.148. The quantitative estimate of drug-likeness (QED) is 0.147. The van der Waals surface area contributed by atoms with Crippen LogP contribution in [-0.2, 0) is 9.53 Å². The van der Waals surface area contributed by atoms with Crippen molar-refractivity contribution in [2.45, 2.75) is 39.5 Å². The van der Waals surface area contributed by atoms with Gasteiger partial charge in [0, 0.05) is 0 Å². The molecule has 0 atom stereocenters. The van der Waals surface area contributed by atoms with Crippen molar-refractivity contribution >= 4 is 23.9 Å². The number of hydrogen-bond donors (Lipinski definition) is 1. The van der Waals surface area contributed by atoms with Gasteiger partial charge >= 0.3 is 23.9 Å². The molecule has 0 saturated carbocycles. The maximum Gasteiger partial charge on any atom is 0.343 e. The fraction of sp³-hybridized carbons (Fsp3) is 0.290. The summed E-state index contributed by atoms with van der Waals surface area (Å²) in [5.41, 5.74) is 0.638. The first kappa shape index (κ1) is 29.9. The number of carboxylic acid groups (broad SMARTS) is 1. The topological polar surface area (TPSA) is 125 Å². The van der Waals surface area contributed by atoms with Crippen LogP contribution in [0.4, 0.5) is 0 Å². The Kier molecular flexibility index (Phi) is 11.3. The number of benzene rings is 3. The smallest absolute Gasteiger partial charge is 0.343 e. The summed E-state index contributed by atoms with van der Waals surface area (Å²) in [6.07, 6.45) is 2.98. The van der Waals surface area contributed by atoms with E-state index in [9.17, 15) is 19.2 Å². The van der Waals surface area contributed by atoms with Crippen LogP contribution in [-0.4, -0.2) is 42.2 Å². The zero-order valence-electron chi connectivity index (χ0n) is 22.5. The summed E-state index contributed by atoms with van der Waals surface area (Å²) in [5, 5.41) is 8.94. The number of hydrogen-bond acceptors (Lipinski definition) is 8. The number of aromatic carboxylic acids is 1. The average Bonchev–Trinajstić information content (AvgIpc) is 2.96. The Bertz CT molecular complexity index is 1280. The Labute approximate surface area is 232 Å². The molecule has 0 saturated heterocycles. The minimum Gasteiger partial charge on any atom is -0.494 e. The minimum atomic E-state index is -1.08. The highest BCUT2D eigenvalue weighted by Gasteiger charge is 2.15. The molecule has 0 aliphatic carbocycles. The summed E-state index contributed by atoms with van der Waals surface area (Å²) in [7, 11) is 0. The Morgan fingerprint density at radius 3 is 1.50 bits per heavy atom. The molecule has 0 aliphatic heterocycles. The van der Waals surface area contributed by atoms with Crippen molar-refractivity contribution < 1.29 is 43.2 Å². The van der Waals surface area contributed by atoms with E-state index in [0.717, 1.165) is 19.3 Å². The van der Waals surface area contributed by atoms with Crippen molar-refractivity contribution in [3.63, 3.8) is 0 Å². The first-order chi connectivity index (χ1) is 19.3. The van der Waals surface area contributed by atoms with E-state index in [4.69, 9.17) is 24.1 Å². The Morgan fingerprint density at radius 1 is 0.625 bits per heavy atom. The second-order valence-corrected chi connectivity index (χ2v) is 8.89. The van der Waals surface area contributed by atoms with Gasteiger partial charge < -0.3 is 24.1 Å². The third-order valence-corrected chi connectivity index (χ3v) is 6.07. The lowest BCUT2D eigenvalue weighted by Gasteiger charge is -2.12. The van der Waals surface area contributed by atoms with Gasteiger partial charge in [-0.15, -0.1) is 0 Å². The van der Waals surface area contributed by atoms with E-state index >= 15 is 0 Å². The van der Waals surface area contributed by atoms with E-state index in [1.54, 1.807) is 24.3 Å². The Hall–Kier alpha value is -4.66. The molecule has 0 radical (unpaired) electrons. The fourth-order valence-electron chi connectivity index (χ4n) is 3.65. The molecule has 1 N–H and O–H groups in total. The first-order valence-corrected chi connectivity index (χ1v) is 13.1. The molecule has 3 aromatic rings. The normalized spacial score (nSPS) is 10.6. The third-order valence-electron chi connectivity index (χ3n) is 6.07.